The van der Waals surface area contributed by atoms with E-state index in [-0.39, 0.29) is 18.0 Å². The van der Waals surface area contributed by atoms with E-state index in [0.29, 0.717) is 26.2 Å². The molecule has 0 saturated heterocycles. The maximum atomic E-state index is 12.6. The van der Waals surface area contributed by atoms with E-state index in [1.165, 1.54) is 0 Å². The fourth-order valence-electron chi connectivity index (χ4n) is 3.29. The number of rotatable bonds is 8. The van der Waals surface area contributed by atoms with Gasteiger partial charge in [0, 0.05) is 33.2 Å². The van der Waals surface area contributed by atoms with E-state index in [0.717, 1.165) is 22.2 Å². The number of fused-ring (bicyclic) bond motifs is 1. The van der Waals surface area contributed by atoms with Gasteiger partial charge in [-0.15, -0.1) is 0 Å². The second-order valence-electron chi connectivity index (χ2n) is 6.45. The molecule has 142 valence electrons. The zero-order valence-corrected chi connectivity index (χ0v) is 15.8. The summed E-state index contributed by atoms with van der Waals surface area (Å²) in [5.74, 6) is -0.0765. The van der Waals surface area contributed by atoms with Gasteiger partial charge in [0.15, 0.2) is 0 Å². The predicted octanol–water partition coefficient (Wildman–Crippen LogP) is 2.68. The SMILES string of the molecule is CCn1c(=O)n(CCC(=O)NCc2cccc(COC)c2)c2ccccc21. The summed E-state index contributed by atoms with van der Waals surface area (Å²) in [7, 11) is 1.66. The fourth-order valence-corrected chi connectivity index (χ4v) is 3.29. The highest BCUT2D eigenvalue weighted by Gasteiger charge is 2.12. The Balaban J connectivity index is 1.63. The molecule has 1 N–H and O–H groups in total. The smallest absolute Gasteiger partial charge is 0.329 e. The Bertz CT molecular complexity index is 988. The van der Waals surface area contributed by atoms with Gasteiger partial charge >= 0.3 is 5.69 Å². The summed E-state index contributed by atoms with van der Waals surface area (Å²) in [6.45, 7) is 3.93. The largest absolute Gasteiger partial charge is 0.380 e. The van der Waals surface area contributed by atoms with Crippen LogP contribution in [-0.4, -0.2) is 22.2 Å². The lowest BCUT2D eigenvalue weighted by molar-refractivity contribution is -0.121. The molecule has 0 atom stereocenters. The second-order valence-corrected chi connectivity index (χ2v) is 6.45. The zero-order valence-electron chi connectivity index (χ0n) is 15.8. The van der Waals surface area contributed by atoms with Crippen LogP contribution in [-0.2, 0) is 35.8 Å². The first-order valence-electron chi connectivity index (χ1n) is 9.15. The number of nitrogens with zero attached hydrogens (tertiary/aromatic N) is 2. The molecule has 6 nitrogen and oxygen atoms in total. The standard InChI is InChI=1S/C21H25N3O3/c1-3-23-18-9-4-5-10-19(18)24(21(23)26)12-11-20(25)22-14-16-7-6-8-17(13-16)15-27-2/h4-10,13H,3,11-12,14-15H2,1-2H3,(H,22,25). The first-order chi connectivity index (χ1) is 13.1. The van der Waals surface area contributed by atoms with E-state index in [9.17, 15) is 9.59 Å². The molecule has 0 radical (unpaired) electrons. The molecule has 0 saturated carbocycles. The number of amides is 1. The van der Waals surface area contributed by atoms with Gasteiger partial charge in [0.05, 0.1) is 17.6 Å². The van der Waals surface area contributed by atoms with Crippen molar-refractivity contribution >= 4 is 16.9 Å². The van der Waals surface area contributed by atoms with E-state index in [1.54, 1.807) is 16.2 Å². The number of aryl methyl sites for hydroxylation is 2. The Hall–Kier alpha value is -2.86. The highest BCUT2D eigenvalue weighted by Crippen LogP contribution is 2.13. The lowest BCUT2D eigenvalue weighted by Crippen LogP contribution is -2.28. The molecule has 1 amide bonds. The van der Waals surface area contributed by atoms with Gasteiger partial charge in [-0.2, -0.15) is 0 Å². The monoisotopic (exact) mass is 367 g/mol. The van der Waals surface area contributed by atoms with Crippen LogP contribution in [0.5, 0.6) is 0 Å². The molecular formula is C21H25N3O3. The van der Waals surface area contributed by atoms with Crippen molar-refractivity contribution in [1.29, 1.82) is 0 Å². The van der Waals surface area contributed by atoms with E-state index < -0.39 is 0 Å². The van der Waals surface area contributed by atoms with Crippen molar-refractivity contribution in [2.24, 2.45) is 0 Å². The highest BCUT2D eigenvalue weighted by atomic mass is 16.5. The maximum absolute atomic E-state index is 12.6. The van der Waals surface area contributed by atoms with E-state index >= 15 is 0 Å². The van der Waals surface area contributed by atoms with E-state index in [1.807, 2.05) is 55.5 Å². The van der Waals surface area contributed by atoms with Crippen molar-refractivity contribution in [2.45, 2.75) is 39.6 Å². The molecule has 0 unspecified atom stereocenters. The zero-order chi connectivity index (χ0) is 19.2. The van der Waals surface area contributed by atoms with Crippen LogP contribution in [0, 0.1) is 0 Å². The molecule has 2 aromatic carbocycles. The Kier molecular flexibility index (Phi) is 6.08. The van der Waals surface area contributed by atoms with Crippen molar-refractivity contribution < 1.29 is 9.53 Å². The molecule has 0 spiro atoms. The van der Waals surface area contributed by atoms with Crippen molar-refractivity contribution in [3.8, 4) is 0 Å². The summed E-state index contributed by atoms with van der Waals surface area (Å²) in [5, 5.41) is 2.92. The van der Waals surface area contributed by atoms with Gasteiger partial charge in [-0.05, 0) is 30.2 Å². The van der Waals surface area contributed by atoms with Crippen LogP contribution in [0.25, 0.3) is 11.0 Å². The van der Waals surface area contributed by atoms with E-state index in [2.05, 4.69) is 5.32 Å². The van der Waals surface area contributed by atoms with Crippen LogP contribution < -0.4 is 11.0 Å². The van der Waals surface area contributed by atoms with Crippen molar-refractivity contribution in [1.82, 2.24) is 14.5 Å². The molecule has 0 bridgehead atoms. The van der Waals surface area contributed by atoms with Crippen molar-refractivity contribution in [2.75, 3.05) is 7.11 Å². The number of imidazole rings is 1. The number of ether oxygens (including phenoxy) is 1. The van der Waals surface area contributed by atoms with Gasteiger partial charge in [-0.1, -0.05) is 36.4 Å². The van der Waals surface area contributed by atoms with Gasteiger partial charge in [-0.25, -0.2) is 4.79 Å². The lowest BCUT2D eigenvalue weighted by atomic mass is 10.1. The molecule has 1 aromatic heterocycles. The van der Waals surface area contributed by atoms with E-state index in [4.69, 9.17) is 4.74 Å². The molecular weight excluding hydrogens is 342 g/mol. The second kappa shape index (κ2) is 8.68. The summed E-state index contributed by atoms with van der Waals surface area (Å²) in [4.78, 5) is 24.9. The molecule has 3 rings (SSSR count). The molecule has 6 heteroatoms. The predicted molar refractivity (Wildman–Crippen MR) is 105 cm³/mol. The molecule has 3 aromatic rings. The summed E-state index contributed by atoms with van der Waals surface area (Å²) >= 11 is 0. The highest BCUT2D eigenvalue weighted by molar-refractivity contribution is 5.78. The Morgan fingerprint density at radius 1 is 1.04 bits per heavy atom. The van der Waals surface area contributed by atoms with Gasteiger partial charge in [0.1, 0.15) is 0 Å². The van der Waals surface area contributed by atoms with Crippen LogP contribution in [0.3, 0.4) is 0 Å². The van der Waals surface area contributed by atoms with Crippen LogP contribution in [0.4, 0.5) is 0 Å². The third kappa shape index (κ3) is 4.28. The maximum Gasteiger partial charge on any atom is 0.329 e. The number of benzene rings is 2. The Morgan fingerprint density at radius 3 is 2.44 bits per heavy atom. The number of methoxy groups -OCH3 is 1. The van der Waals surface area contributed by atoms with Gasteiger partial charge < -0.3 is 10.1 Å². The Labute approximate surface area is 158 Å². The topological polar surface area (TPSA) is 65.3 Å². The average Bonchev–Trinajstić information content (AvgIpc) is 2.96. The first-order valence-corrected chi connectivity index (χ1v) is 9.15. The molecule has 0 aliphatic rings. The van der Waals surface area contributed by atoms with Crippen LogP contribution >= 0.6 is 0 Å². The molecule has 0 aliphatic heterocycles. The third-order valence-electron chi connectivity index (χ3n) is 4.60. The first kappa shape index (κ1) is 18.9. The minimum Gasteiger partial charge on any atom is -0.380 e. The van der Waals surface area contributed by atoms with Crippen LogP contribution in [0.1, 0.15) is 24.5 Å². The number of carbonyl (C=O) groups excluding carboxylic acids is 1. The van der Waals surface area contributed by atoms with Gasteiger partial charge in [0.2, 0.25) is 5.91 Å². The van der Waals surface area contributed by atoms with Crippen LogP contribution in [0.15, 0.2) is 53.3 Å². The lowest BCUT2D eigenvalue weighted by Gasteiger charge is -2.08. The minimum absolute atomic E-state index is 0.0706. The Morgan fingerprint density at radius 2 is 1.74 bits per heavy atom. The summed E-state index contributed by atoms with van der Waals surface area (Å²) in [6, 6.07) is 15.6. The number of nitrogens with one attached hydrogen (secondary N) is 1. The average molecular weight is 367 g/mol. The van der Waals surface area contributed by atoms with Crippen molar-refractivity contribution in [3.05, 3.63) is 70.1 Å². The van der Waals surface area contributed by atoms with Gasteiger partial charge in [0.25, 0.3) is 0 Å². The number of para-hydroxylation sites is 2. The fraction of sp³-hybridized carbons (Fsp3) is 0.333. The molecule has 1 heterocycles. The minimum atomic E-state index is -0.0765. The molecule has 27 heavy (non-hydrogen) atoms. The number of aromatic nitrogens is 2. The number of hydrogen-bond donors (Lipinski definition) is 1. The third-order valence-corrected chi connectivity index (χ3v) is 4.60. The normalized spacial score (nSPS) is 11.0. The number of carbonyl (C=O) groups is 1. The number of hydrogen-bond acceptors (Lipinski definition) is 3. The van der Waals surface area contributed by atoms with Crippen molar-refractivity contribution in [3.63, 3.8) is 0 Å². The summed E-state index contributed by atoms with van der Waals surface area (Å²) in [6.07, 6.45) is 0.259. The summed E-state index contributed by atoms with van der Waals surface area (Å²) in [5.41, 5.74) is 3.80. The van der Waals surface area contributed by atoms with Crippen LogP contribution in [0.2, 0.25) is 0 Å². The molecule has 0 aliphatic carbocycles. The summed E-state index contributed by atoms with van der Waals surface area (Å²) < 4.78 is 8.54. The quantitative estimate of drug-likeness (QED) is 0.666. The van der Waals surface area contributed by atoms with Gasteiger partial charge in [-0.3, -0.25) is 13.9 Å². The molecule has 0 fully saturated rings.